The number of ether oxygens (including phenoxy) is 1. The Morgan fingerprint density at radius 3 is 2.78 bits per heavy atom. The molecule has 2 rings (SSSR count). The maximum absolute atomic E-state index is 11.1. The van der Waals surface area contributed by atoms with Crippen LogP contribution in [0, 0.1) is 0 Å². The van der Waals surface area contributed by atoms with Crippen LogP contribution in [0.3, 0.4) is 0 Å². The zero-order chi connectivity index (χ0) is 13.1. The number of hydrogen-bond acceptors (Lipinski definition) is 4. The summed E-state index contributed by atoms with van der Waals surface area (Å²) in [6.07, 6.45) is 1.87. The largest absolute Gasteiger partial charge is 0.477 e. The molecule has 1 aromatic heterocycles. The van der Waals surface area contributed by atoms with Crippen molar-refractivity contribution in [2.75, 3.05) is 13.1 Å². The number of pyridine rings is 1. The van der Waals surface area contributed by atoms with Crippen LogP contribution in [-0.2, 0) is 11.3 Å². The van der Waals surface area contributed by atoms with Crippen molar-refractivity contribution in [1.82, 2.24) is 9.88 Å². The molecular formula is C13H18N2O3. The molecule has 0 saturated carbocycles. The van der Waals surface area contributed by atoms with Crippen LogP contribution in [0.2, 0.25) is 0 Å². The van der Waals surface area contributed by atoms with Crippen molar-refractivity contribution in [1.29, 1.82) is 0 Å². The molecule has 1 saturated heterocycles. The molecule has 0 aromatic carbocycles. The quantitative estimate of drug-likeness (QED) is 0.878. The molecule has 2 heterocycles. The molecule has 1 aromatic rings. The number of aromatic carboxylic acids is 1. The second kappa shape index (κ2) is 5.46. The minimum Gasteiger partial charge on any atom is -0.477 e. The van der Waals surface area contributed by atoms with Crippen LogP contribution in [0.1, 0.15) is 29.9 Å². The van der Waals surface area contributed by atoms with Gasteiger partial charge in [-0.25, -0.2) is 9.78 Å². The monoisotopic (exact) mass is 250 g/mol. The van der Waals surface area contributed by atoms with E-state index in [1.807, 2.05) is 19.9 Å². The van der Waals surface area contributed by atoms with Gasteiger partial charge in [0, 0.05) is 25.8 Å². The lowest BCUT2D eigenvalue weighted by Crippen LogP contribution is -2.45. The van der Waals surface area contributed by atoms with Gasteiger partial charge in [0.1, 0.15) is 0 Å². The fraction of sp³-hybridized carbons (Fsp3) is 0.538. The van der Waals surface area contributed by atoms with E-state index in [-0.39, 0.29) is 17.9 Å². The first-order chi connectivity index (χ1) is 8.56. The zero-order valence-corrected chi connectivity index (χ0v) is 10.7. The highest BCUT2D eigenvalue weighted by Gasteiger charge is 2.23. The minimum atomic E-state index is -0.972. The Hall–Kier alpha value is -1.46. The lowest BCUT2D eigenvalue weighted by molar-refractivity contribution is -0.0705. The summed E-state index contributed by atoms with van der Waals surface area (Å²) >= 11 is 0. The van der Waals surface area contributed by atoms with E-state index in [4.69, 9.17) is 9.84 Å². The smallest absolute Gasteiger partial charge is 0.354 e. The molecule has 98 valence electrons. The van der Waals surface area contributed by atoms with Gasteiger partial charge in [0.2, 0.25) is 0 Å². The molecular weight excluding hydrogens is 232 g/mol. The molecule has 18 heavy (non-hydrogen) atoms. The molecule has 0 radical (unpaired) electrons. The number of carbonyl (C=O) groups is 1. The van der Waals surface area contributed by atoms with Gasteiger partial charge in [0.05, 0.1) is 12.2 Å². The molecule has 0 amide bonds. The third-order valence-corrected chi connectivity index (χ3v) is 2.98. The van der Waals surface area contributed by atoms with Gasteiger partial charge in [0.15, 0.2) is 5.69 Å². The third kappa shape index (κ3) is 3.05. The SMILES string of the molecule is C[C@@H]1CN(Cc2cccnc2C(=O)O)C[C@H](C)O1. The van der Waals surface area contributed by atoms with Crippen LogP contribution in [0.5, 0.6) is 0 Å². The number of aromatic nitrogens is 1. The van der Waals surface area contributed by atoms with Gasteiger partial charge >= 0.3 is 5.97 Å². The molecule has 1 aliphatic heterocycles. The highest BCUT2D eigenvalue weighted by Crippen LogP contribution is 2.15. The van der Waals surface area contributed by atoms with E-state index in [9.17, 15) is 4.79 Å². The van der Waals surface area contributed by atoms with Crippen molar-refractivity contribution in [2.24, 2.45) is 0 Å². The van der Waals surface area contributed by atoms with Gasteiger partial charge in [-0.2, -0.15) is 0 Å². The van der Waals surface area contributed by atoms with Crippen LogP contribution < -0.4 is 0 Å². The molecule has 5 nitrogen and oxygen atoms in total. The zero-order valence-electron chi connectivity index (χ0n) is 10.7. The lowest BCUT2D eigenvalue weighted by Gasteiger charge is -2.35. The summed E-state index contributed by atoms with van der Waals surface area (Å²) < 4.78 is 5.66. The first kappa shape index (κ1) is 13.0. The van der Waals surface area contributed by atoms with E-state index >= 15 is 0 Å². The fourth-order valence-corrected chi connectivity index (χ4v) is 2.41. The van der Waals surface area contributed by atoms with E-state index in [2.05, 4.69) is 9.88 Å². The molecule has 0 aliphatic carbocycles. The summed E-state index contributed by atoms with van der Waals surface area (Å²) in [5.74, 6) is -0.972. The summed E-state index contributed by atoms with van der Waals surface area (Å²) in [6.45, 7) is 6.30. The Kier molecular flexibility index (Phi) is 3.93. The van der Waals surface area contributed by atoms with Crippen molar-refractivity contribution in [3.63, 3.8) is 0 Å². The van der Waals surface area contributed by atoms with Crippen molar-refractivity contribution in [3.8, 4) is 0 Å². The van der Waals surface area contributed by atoms with Crippen molar-refractivity contribution < 1.29 is 14.6 Å². The van der Waals surface area contributed by atoms with E-state index < -0.39 is 5.97 Å². The predicted molar refractivity (Wildman–Crippen MR) is 66.5 cm³/mol. The Morgan fingerprint density at radius 2 is 2.17 bits per heavy atom. The average Bonchev–Trinajstić information content (AvgIpc) is 2.27. The summed E-state index contributed by atoms with van der Waals surface area (Å²) in [7, 11) is 0. The van der Waals surface area contributed by atoms with Gasteiger partial charge in [-0.1, -0.05) is 6.07 Å². The van der Waals surface area contributed by atoms with E-state index in [1.54, 1.807) is 6.07 Å². The number of carboxylic acids is 1. The number of nitrogens with zero attached hydrogens (tertiary/aromatic N) is 2. The minimum absolute atomic E-state index is 0.143. The highest BCUT2D eigenvalue weighted by molar-refractivity contribution is 5.86. The first-order valence-corrected chi connectivity index (χ1v) is 6.11. The second-order valence-corrected chi connectivity index (χ2v) is 4.77. The number of hydrogen-bond donors (Lipinski definition) is 1. The summed E-state index contributed by atoms with van der Waals surface area (Å²) in [6, 6.07) is 3.59. The lowest BCUT2D eigenvalue weighted by atomic mass is 10.1. The van der Waals surface area contributed by atoms with Crippen LogP contribution >= 0.6 is 0 Å². The predicted octanol–water partition coefficient (Wildman–Crippen LogP) is 1.39. The maximum atomic E-state index is 11.1. The van der Waals surface area contributed by atoms with E-state index in [0.29, 0.717) is 6.54 Å². The van der Waals surface area contributed by atoms with E-state index in [0.717, 1.165) is 18.7 Å². The van der Waals surface area contributed by atoms with Gasteiger partial charge in [-0.15, -0.1) is 0 Å². The molecule has 0 unspecified atom stereocenters. The molecule has 5 heteroatoms. The molecule has 1 aliphatic rings. The second-order valence-electron chi connectivity index (χ2n) is 4.77. The van der Waals surface area contributed by atoms with Crippen LogP contribution in [0.15, 0.2) is 18.3 Å². The number of carboxylic acid groups (broad SMARTS) is 1. The van der Waals surface area contributed by atoms with Gasteiger partial charge in [-0.3, -0.25) is 4.90 Å². The molecule has 1 N–H and O–H groups in total. The summed E-state index contributed by atoms with van der Waals surface area (Å²) in [4.78, 5) is 17.2. The van der Waals surface area contributed by atoms with Gasteiger partial charge in [0.25, 0.3) is 0 Å². The van der Waals surface area contributed by atoms with Gasteiger partial charge < -0.3 is 9.84 Å². The van der Waals surface area contributed by atoms with E-state index in [1.165, 1.54) is 6.20 Å². The summed E-state index contributed by atoms with van der Waals surface area (Å²) in [5.41, 5.74) is 0.899. The molecule has 2 atom stereocenters. The Morgan fingerprint density at radius 1 is 1.50 bits per heavy atom. The molecule has 1 fully saturated rings. The fourth-order valence-electron chi connectivity index (χ4n) is 2.41. The topological polar surface area (TPSA) is 62.7 Å². The summed E-state index contributed by atoms with van der Waals surface area (Å²) in [5, 5.41) is 9.09. The first-order valence-electron chi connectivity index (χ1n) is 6.11. The molecule has 0 bridgehead atoms. The highest BCUT2D eigenvalue weighted by atomic mass is 16.5. The van der Waals surface area contributed by atoms with Crippen molar-refractivity contribution in [3.05, 3.63) is 29.6 Å². The number of rotatable bonds is 3. The standard InChI is InChI=1S/C13H18N2O3/c1-9-6-15(7-10(2)18-9)8-11-4-3-5-14-12(11)13(16)17/h3-5,9-10H,6-8H2,1-2H3,(H,16,17)/t9-,10+. The third-order valence-electron chi connectivity index (χ3n) is 2.98. The average molecular weight is 250 g/mol. The van der Waals surface area contributed by atoms with Gasteiger partial charge in [-0.05, 0) is 25.5 Å². The van der Waals surface area contributed by atoms with Crippen LogP contribution in [0.4, 0.5) is 0 Å². The Bertz CT molecular complexity index is 426. The van der Waals surface area contributed by atoms with Crippen LogP contribution in [-0.4, -0.2) is 46.3 Å². The van der Waals surface area contributed by atoms with Crippen LogP contribution in [0.25, 0.3) is 0 Å². The molecule has 0 spiro atoms. The normalized spacial score (nSPS) is 25.0. The maximum Gasteiger partial charge on any atom is 0.354 e. The van der Waals surface area contributed by atoms with Crippen molar-refractivity contribution >= 4 is 5.97 Å². The Balaban J connectivity index is 2.11. The van der Waals surface area contributed by atoms with Crippen molar-refractivity contribution in [2.45, 2.75) is 32.6 Å². The Labute approximate surface area is 106 Å². The number of morpholine rings is 1.